The normalized spacial score (nSPS) is 15.5. The fraction of sp³-hybridized carbons (Fsp3) is 0.462. The molecule has 0 spiro atoms. The Morgan fingerprint density at radius 3 is 2.61 bits per heavy atom. The fourth-order valence-electron chi connectivity index (χ4n) is 2.00. The van der Waals surface area contributed by atoms with Crippen LogP contribution in [0.15, 0.2) is 33.5 Å². The van der Waals surface area contributed by atoms with Gasteiger partial charge in [-0.2, -0.15) is 0 Å². The third kappa shape index (κ3) is 6.57. The molecular formula is C13H20ClIN4O2S2. The number of guanidine groups is 1. The van der Waals surface area contributed by atoms with Gasteiger partial charge in [0.2, 0.25) is 10.0 Å². The number of hydrogen-bond acceptors (Lipinski definition) is 4. The highest BCUT2D eigenvalue weighted by Crippen LogP contribution is 2.25. The predicted octanol–water partition coefficient (Wildman–Crippen LogP) is 2.18. The molecular weight excluding hydrogens is 471 g/mol. The summed E-state index contributed by atoms with van der Waals surface area (Å²) < 4.78 is 27.2. The summed E-state index contributed by atoms with van der Waals surface area (Å²) in [6.07, 6.45) is 6.22. The van der Waals surface area contributed by atoms with Crippen LogP contribution in [-0.2, 0) is 10.0 Å². The van der Waals surface area contributed by atoms with Gasteiger partial charge in [0, 0.05) is 26.2 Å². The summed E-state index contributed by atoms with van der Waals surface area (Å²) in [6.45, 7) is 0.708. The Labute approximate surface area is 162 Å². The molecule has 0 aromatic carbocycles. The molecule has 23 heavy (non-hydrogen) atoms. The van der Waals surface area contributed by atoms with Crippen molar-refractivity contribution >= 4 is 62.9 Å². The molecule has 0 unspecified atom stereocenters. The molecule has 0 fully saturated rings. The standard InChI is InChI=1S/C13H19ClN4O2S2.HI/c1-15-13(18-10-4-2-3-5-10)16-8-9-17-22(19,20)12-7-6-11(14)21-12;/h2-3,6-7,10,17H,4-5,8-9H2,1H3,(H2,15,16,18);1H. The number of sulfonamides is 1. The molecule has 1 aliphatic rings. The van der Waals surface area contributed by atoms with Crippen molar-refractivity contribution in [3.05, 3.63) is 28.6 Å². The van der Waals surface area contributed by atoms with Gasteiger partial charge in [-0.1, -0.05) is 23.8 Å². The first-order valence-electron chi connectivity index (χ1n) is 6.88. The lowest BCUT2D eigenvalue weighted by atomic mass is 10.2. The molecule has 10 heteroatoms. The Morgan fingerprint density at radius 2 is 2.04 bits per heavy atom. The number of halogens is 2. The van der Waals surface area contributed by atoms with E-state index in [0.29, 0.717) is 22.9 Å². The molecule has 1 heterocycles. The van der Waals surface area contributed by atoms with Gasteiger partial charge >= 0.3 is 0 Å². The lowest BCUT2D eigenvalue weighted by Gasteiger charge is -2.16. The maximum atomic E-state index is 12.0. The van der Waals surface area contributed by atoms with Crippen molar-refractivity contribution in [1.29, 1.82) is 0 Å². The van der Waals surface area contributed by atoms with Gasteiger partial charge in [0.15, 0.2) is 5.96 Å². The second-order valence-corrected chi connectivity index (χ2v) is 8.45. The zero-order chi connectivity index (χ0) is 16.0. The molecule has 6 nitrogen and oxygen atoms in total. The van der Waals surface area contributed by atoms with Crippen molar-refractivity contribution in [2.45, 2.75) is 23.1 Å². The van der Waals surface area contributed by atoms with E-state index >= 15 is 0 Å². The average Bonchev–Trinajstić information content (AvgIpc) is 3.13. The van der Waals surface area contributed by atoms with E-state index in [9.17, 15) is 8.42 Å². The van der Waals surface area contributed by atoms with Crippen LogP contribution in [-0.4, -0.2) is 40.6 Å². The maximum absolute atomic E-state index is 12.0. The minimum absolute atomic E-state index is 0. The molecule has 0 aliphatic heterocycles. The third-order valence-corrected chi connectivity index (χ3v) is 6.28. The van der Waals surface area contributed by atoms with Crippen LogP contribution in [0.5, 0.6) is 0 Å². The number of nitrogens with zero attached hydrogens (tertiary/aromatic N) is 1. The van der Waals surface area contributed by atoms with Crippen LogP contribution in [0.4, 0.5) is 0 Å². The van der Waals surface area contributed by atoms with Crippen molar-refractivity contribution in [3.8, 4) is 0 Å². The largest absolute Gasteiger partial charge is 0.355 e. The van der Waals surface area contributed by atoms with Gasteiger partial charge in [0.05, 0.1) is 4.34 Å². The van der Waals surface area contributed by atoms with Crippen LogP contribution < -0.4 is 15.4 Å². The summed E-state index contributed by atoms with van der Waals surface area (Å²) in [5.41, 5.74) is 0. The Hall–Kier alpha value is -0.360. The Kier molecular flexibility index (Phi) is 8.83. The van der Waals surface area contributed by atoms with E-state index in [2.05, 4.69) is 32.5 Å². The van der Waals surface area contributed by atoms with Gasteiger partial charge in [0.1, 0.15) is 4.21 Å². The van der Waals surface area contributed by atoms with Crippen LogP contribution in [0.25, 0.3) is 0 Å². The van der Waals surface area contributed by atoms with E-state index in [4.69, 9.17) is 11.6 Å². The molecule has 0 saturated heterocycles. The molecule has 0 amide bonds. The first-order valence-corrected chi connectivity index (χ1v) is 9.56. The fourth-order valence-corrected chi connectivity index (χ4v) is 4.56. The summed E-state index contributed by atoms with van der Waals surface area (Å²) in [5.74, 6) is 0.673. The second kappa shape index (κ2) is 9.82. The Morgan fingerprint density at radius 1 is 1.35 bits per heavy atom. The highest BCUT2D eigenvalue weighted by atomic mass is 127. The van der Waals surface area contributed by atoms with E-state index in [-0.39, 0.29) is 34.7 Å². The average molecular weight is 491 g/mol. The molecule has 3 N–H and O–H groups in total. The SMILES string of the molecule is CN=C(NCCNS(=O)(=O)c1ccc(Cl)s1)NC1CC=CC1.I. The van der Waals surface area contributed by atoms with E-state index in [1.54, 1.807) is 13.1 Å². The van der Waals surface area contributed by atoms with Crippen molar-refractivity contribution in [3.63, 3.8) is 0 Å². The molecule has 2 rings (SSSR count). The molecule has 0 bridgehead atoms. The van der Waals surface area contributed by atoms with Crippen LogP contribution in [0.1, 0.15) is 12.8 Å². The van der Waals surface area contributed by atoms with Gasteiger partial charge in [-0.25, -0.2) is 13.1 Å². The topological polar surface area (TPSA) is 82.6 Å². The van der Waals surface area contributed by atoms with Crippen LogP contribution in [0.3, 0.4) is 0 Å². The Balaban J connectivity index is 0.00000264. The molecule has 130 valence electrons. The first-order chi connectivity index (χ1) is 10.5. The molecule has 1 aromatic heterocycles. The van der Waals surface area contributed by atoms with Crippen molar-refractivity contribution < 1.29 is 8.42 Å². The summed E-state index contributed by atoms with van der Waals surface area (Å²) in [5, 5.41) is 6.37. The number of nitrogens with one attached hydrogen (secondary N) is 3. The van der Waals surface area contributed by atoms with E-state index < -0.39 is 10.0 Å². The zero-order valence-electron chi connectivity index (χ0n) is 12.6. The predicted molar refractivity (Wildman–Crippen MR) is 107 cm³/mol. The van der Waals surface area contributed by atoms with E-state index in [1.807, 2.05) is 0 Å². The monoisotopic (exact) mass is 490 g/mol. The van der Waals surface area contributed by atoms with Gasteiger partial charge in [-0.3, -0.25) is 4.99 Å². The lowest BCUT2D eigenvalue weighted by molar-refractivity contribution is 0.581. The number of thiophene rings is 1. The minimum Gasteiger partial charge on any atom is -0.355 e. The van der Waals surface area contributed by atoms with E-state index in [1.165, 1.54) is 6.07 Å². The first kappa shape index (κ1) is 20.7. The molecule has 0 radical (unpaired) electrons. The summed E-state index contributed by atoms with van der Waals surface area (Å²) in [6, 6.07) is 3.42. The Bertz CT molecular complexity index is 653. The molecule has 1 aromatic rings. The van der Waals surface area contributed by atoms with Gasteiger partial charge in [0.25, 0.3) is 0 Å². The quantitative estimate of drug-likeness (QED) is 0.188. The maximum Gasteiger partial charge on any atom is 0.250 e. The van der Waals surface area contributed by atoms with Crippen LogP contribution in [0.2, 0.25) is 4.34 Å². The van der Waals surface area contributed by atoms with Gasteiger partial charge in [-0.05, 0) is 25.0 Å². The molecule has 0 atom stereocenters. The highest BCUT2D eigenvalue weighted by Gasteiger charge is 2.16. The third-order valence-electron chi connectivity index (χ3n) is 3.10. The highest BCUT2D eigenvalue weighted by molar-refractivity contribution is 14.0. The minimum atomic E-state index is -3.49. The lowest BCUT2D eigenvalue weighted by Crippen LogP contribution is -2.44. The summed E-state index contributed by atoms with van der Waals surface area (Å²) >= 11 is 6.79. The molecule has 1 aliphatic carbocycles. The van der Waals surface area contributed by atoms with Gasteiger partial charge < -0.3 is 10.6 Å². The second-order valence-electron chi connectivity index (χ2n) is 4.74. The van der Waals surface area contributed by atoms with Crippen molar-refractivity contribution in [2.24, 2.45) is 4.99 Å². The summed E-state index contributed by atoms with van der Waals surface area (Å²) in [4.78, 5) is 4.12. The van der Waals surface area contributed by atoms with E-state index in [0.717, 1.165) is 24.2 Å². The van der Waals surface area contributed by atoms with Gasteiger partial charge in [-0.15, -0.1) is 35.3 Å². The zero-order valence-corrected chi connectivity index (χ0v) is 17.3. The van der Waals surface area contributed by atoms with Crippen LogP contribution >= 0.6 is 46.9 Å². The van der Waals surface area contributed by atoms with Crippen LogP contribution in [0, 0.1) is 0 Å². The molecule has 0 saturated carbocycles. The van der Waals surface area contributed by atoms with Crippen molar-refractivity contribution in [1.82, 2.24) is 15.4 Å². The number of rotatable bonds is 6. The van der Waals surface area contributed by atoms with Crippen molar-refractivity contribution in [2.75, 3.05) is 20.1 Å². The number of aliphatic imine (C=N–C) groups is 1. The summed E-state index contributed by atoms with van der Waals surface area (Å²) in [7, 11) is -1.80. The number of hydrogen-bond donors (Lipinski definition) is 3. The smallest absolute Gasteiger partial charge is 0.250 e.